The van der Waals surface area contributed by atoms with Crippen molar-refractivity contribution in [3.63, 3.8) is 0 Å². The van der Waals surface area contributed by atoms with E-state index in [0.29, 0.717) is 5.69 Å². The summed E-state index contributed by atoms with van der Waals surface area (Å²) < 4.78 is 0. The van der Waals surface area contributed by atoms with Crippen molar-refractivity contribution < 1.29 is 14.7 Å². The molecule has 2 rings (SSSR count). The summed E-state index contributed by atoms with van der Waals surface area (Å²) in [6, 6.07) is 6.15. The van der Waals surface area contributed by atoms with E-state index in [9.17, 15) is 9.59 Å². The number of carboxylic acid groups (broad SMARTS) is 1. The first-order valence-electron chi connectivity index (χ1n) is 7.27. The summed E-state index contributed by atoms with van der Waals surface area (Å²) in [5.74, 6) is -0.998. The Morgan fingerprint density at radius 2 is 2.00 bits per heavy atom. The number of carboxylic acids is 1. The third kappa shape index (κ3) is 4.21. The molecule has 2 N–H and O–H groups in total. The molecule has 1 aromatic carbocycles. The lowest BCUT2D eigenvalue weighted by molar-refractivity contribution is 0.0697. The molecule has 21 heavy (non-hydrogen) atoms. The summed E-state index contributed by atoms with van der Waals surface area (Å²) in [4.78, 5) is 25.0. The summed E-state index contributed by atoms with van der Waals surface area (Å²) in [5, 5.41) is 11.7. The number of hydrogen-bond acceptors (Lipinski definition) is 2. The lowest BCUT2D eigenvalue weighted by Gasteiger charge is -2.23. The molecule has 0 aromatic heterocycles. The molecule has 0 saturated carbocycles. The fraction of sp³-hybridized carbons (Fsp3) is 0.500. The molecule has 0 unspecified atom stereocenters. The maximum absolute atomic E-state index is 12.3. The average molecular weight is 290 g/mol. The molecular weight excluding hydrogens is 268 g/mol. The van der Waals surface area contributed by atoms with Crippen LogP contribution in [0.2, 0.25) is 0 Å². The summed E-state index contributed by atoms with van der Waals surface area (Å²) in [7, 11) is 0. The van der Waals surface area contributed by atoms with Gasteiger partial charge in [-0.2, -0.15) is 0 Å². The van der Waals surface area contributed by atoms with Crippen LogP contribution in [0.4, 0.5) is 10.5 Å². The maximum atomic E-state index is 12.3. The molecule has 0 atom stereocenters. The van der Waals surface area contributed by atoms with Gasteiger partial charge in [0.1, 0.15) is 0 Å². The molecule has 2 amide bonds. The van der Waals surface area contributed by atoms with Gasteiger partial charge in [0.25, 0.3) is 0 Å². The quantitative estimate of drug-likeness (QED) is 0.876. The minimum absolute atomic E-state index is 0.157. The highest BCUT2D eigenvalue weighted by Gasteiger charge is 2.25. The fourth-order valence-electron chi connectivity index (χ4n) is 2.56. The summed E-state index contributed by atoms with van der Waals surface area (Å²) in [6.07, 6.45) is 3.09. The fourth-order valence-corrected chi connectivity index (χ4v) is 2.56. The van der Waals surface area contributed by atoms with Crippen molar-refractivity contribution in [3.8, 4) is 0 Å². The topological polar surface area (TPSA) is 69.6 Å². The lowest BCUT2D eigenvalue weighted by Crippen LogP contribution is -2.36. The zero-order chi connectivity index (χ0) is 15.5. The van der Waals surface area contributed by atoms with Gasteiger partial charge in [0.2, 0.25) is 0 Å². The Balaban J connectivity index is 2.01. The number of urea groups is 1. The van der Waals surface area contributed by atoms with Crippen molar-refractivity contribution in [2.45, 2.75) is 33.1 Å². The van der Waals surface area contributed by atoms with Crippen molar-refractivity contribution >= 4 is 17.7 Å². The molecule has 1 heterocycles. The van der Waals surface area contributed by atoms with Gasteiger partial charge in [-0.3, -0.25) is 0 Å². The summed E-state index contributed by atoms with van der Waals surface area (Å²) in [5.41, 5.74) is 0.964. The van der Waals surface area contributed by atoms with E-state index in [2.05, 4.69) is 19.2 Å². The number of nitrogens with zero attached hydrogens (tertiary/aromatic N) is 1. The first-order chi connectivity index (χ1) is 9.87. The number of benzene rings is 1. The van der Waals surface area contributed by atoms with Crippen LogP contribution in [0.1, 0.15) is 43.5 Å². The molecular formula is C16H22N2O3. The second kappa shape index (κ2) is 6.16. The van der Waals surface area contributed by atoms with Crippen LogP contribution in [0.25, 0.3) is 0 Å². The van der Waals surface area contributed by atoms with Gasteiger partial charge in [0.05, 0.1) is 5.56 Å². The van der Waals surface area contributed by atoms with Gasteiger partial charge in [-0.1, -0.05) is 19.9 Å². The van der Waals surface area contributed by atoms with Gasteiger partial charge in [-0.25, -0.2) is 9.59 Å². The van der Waals surface area contributed by atoms with E-state index < -0.39 is 5.97 Å². The summed E-state index contributed by atoms with van der Waals surface area (Å²) in [6.45, 7) is 5.93. The first-order valence-corrected chi connectivity index (χ1v) is 7.27. The lowest BCUT2D eigenvalue weighted by atomic mass is 9.85. The largest absolute Gasteiger partial charge is 0.478 e. The van der Waals surface area contributed by atoms with Gasteiger partial charge in [0, 0.05) is 18.8 Å². The number of anilines is 1. The highest BCUT2D eigenvalue weighted by atomic mass is 16.4. The number of likely N-dealkylation sites (tertiary alicyclic amines) is 1. The number of carbonyl (C=O) groups is 2. The van der Waals surface area contributed by atoms with Crippen LogP contribution in [0.15, 0.2) is 24.3 Å². The van der Waals surface area contributed by atoms with E-state index in [1.807, 2.05) is 4.90 Å². The number of nitrogens with one attached hydrogen (secondary N) is 1. The number of hydrogen-bond donors (Lipinski definition) is 2. The standard InChI is InChI=1S/C16H22N2O3/c1-16(2)7-4-9-18(10-8-16)15(21)17-13-6-3-5-12(11-13)14(19)20/h3,5-6,11H,4,7-10H2,1-2H3,(H,17,21)(H,19,20). The molecule has 0 spiro atoms. The van der Waals surface area contributed by atoms with E-state index in [1.54, 1.807) is 12.1 Å². The van der Waals surface area contributed by atoms with Crippen LogP contribution < -0.4 is 5.32 Å². The van der Waals surface area contributed by atoms with Crippen LogP contribution in [0, 0.1) is 5.41 Å². The van der Waals surface area contributed by atoms with Crippen LogP contribution in [0.3, 0.4) is 0 Å². The van der Waals surface area contributed by atoms with E-state index in [4.69, 9.17) is 5.11 Å². The summed E-state index contributed by atoms with van der Waals surface area (Å²) >= 11 is 0. The smallest absolute Gasteiger partial charge is 0.335 e. The van der Waals surface area contributed by atoms with Gasteiger partial charge < -0.3 is 15.3 Å². The molecule has 0 aliphatic carbocycles. The Bertz CT molecular complexity index is 540. The molecule has 1 fully saturated rings. The van der Waals surface area contributed by atoms with Crippen molar-refractivity contribution in [1.82, 2.24) is 4.90 Å². The molecule has 1 saturated heterocycles. The Morgan fingerprint density at radius 3 is 2.71 bits per heavy atom. The Morgan fingerprint density at radius 1 is 1.24 bits per heavy atom. The molecule has 1 aliphatic heterocycles. The van der Waals surface area contributed by atoms with Gasteiger partial charge in [-0.05, 0) is 42.9 Å². The third-order valence-electron chi connectivity index (χ3n) is 3.99. The molecule has 0 radical (unpaired) electrons. The van der Waals surface area contributed by atoms with Crippen molar-refractivity contribution in [2.24, 2.45) is 5.41 Å². The molecule has 1 aromatic rings. The Hall–Kier alpha value is -2.04. The zero-order valence-corrected chi connectivity index (χ0v) is 12.6. The molecule has 5 nitrogen and oxygen atoms in total. The van der Waals surface area contributed by atoms with Crippen molar-refractivity contribution in [3.05, 3.63) is 29.8 Å². The molecule has 114 valence electrons. The highest BCUT2D eigenvalue weighted by molar-refractivity contribution is 5.93. The van der Waals surface area contributed by atoms with Crippen LogP contribution in [-0.2, 0) is 0 Å². The first kappa shape index (κ1) is 15.4. The zero-order valence-electron chi connectivity index (χ0n) is 12.6. The predicted molar refractivity (Wildman–Crippen MR) is 81.6 cm³/mol. The average Bonchev–Trinajstić information content (AvgIpc) is 2.60. The van der Waals surface area contributed by atoms with Crippen LogP contribution in [0.5, 0.6) is 0 Å². The van der Waals surface area contributed by atoms with Gasteiger partial charge in [0.15, 0.2) is 0 Å². The predicted octanol–water partition coefficient (Wildman–Crippen LogP) is 3.43. The molecule has 5 heteroatoms. The van der Waals surface area contributed by atoms with Crippen LogP contribution >= 0.6 is 0 Å². The van der Waals surface area contributed by atoms with E-state index in [0.717, 1.165) is 32.4 Å². The number of amides is 2. The monoisotopic (exact) mass is 290 g/mol. The van der Waals surface area contributed by atoms with Gasteiger partial charge in [-0.15, -0.1) is 0 Å². The van der Waals surface area contributed by atoms with E-state index in [1.165, 1.54) is 12.1 Å². The highest BCUT2D eigenvalue weighted by Crippen LogP contribution is 2.29. The SMILES string of the molecule is CC1(C)CCCN(C(=O)Nc2cccc(C(=O)O)c2)CC1. The number of rotatable bonds is 2. The second-order valence-electron chi connectivity index (χ2n) is 6.32. The molecule has 0 bridgehead atoms. The second-order valence-corrected chi connectivity index (χ2v) is 6.32. The number of carbonyl (C=O) groups excluding carboxylic acids is 1. The van der Waals surface area contributed by atoms with Crippen LogP contribution in [-0.4, -0.2) is 35.1 Å². The third-order valence-corrected chi connectivity index (χ3v) is 3.99. The Kier molecular flexibility index (Phi) is 4.50. The van der Waals surface area contributed by atoms with Crippen molar-refractivity contribution in [1.29, 1.82) is 0 Å². The van der Waals surface area contributed by atoms with Crippen molar-refractivity contribution in [2.75, 3.05) is 18.4 Å². The minimum atomic E-state index is -0.998. The van der Waals surface area contributed by atoms with E-state index in [-0.39, 0.29) is 17.0 Å². The van der Waals surface area contributed by atoms with Gasteiger partial charge >= 0.3 is 12.0 Å². The minimum Gasteiger partial charge on any atom is -0.478 e. The Labute approximate surface area is 125 Å². The molecule has 1 aliphatic rings. The normalized spacial score (nSPS) is 17.9. The number of aromatic carboxylic acids is 1. The maximum Gasteiger partial charge on any atom is 0.335 e. The van der Waals surface area contributed by atoms with E-state index >= 15 is 0 Å².